The smallest absolute Gasteiger partial charge is 0.311 e. The normalized spacial score (nSPS) is 13.9. The fourth-order valence-corrected chi connectivity index (χ4v) is 4.22. The van der Waals surface area contributed by atoms with Crippen LogP contribution in [0, 0.1) is 5.82 Å². The van der Waals surface area contributed by atoms with Crippen molar-refractivity contribution in [3.05, 3.63) is 89.5 Å². The summed E-state index contributed by atoms with van der Waals surface area (Å²) in [6.45, 7) is 2.23. The molecule has 2 aromatic rings. The van der Waals surface area contributed by atoms with E-state index in [1.54, 1.807) is 30.3 Å². The Hall–Kier alpha value is -3.47. The van der Waals surface area contributed by atoms with E-state index in [0.717, 1.165) is 25.7 Å². The van der Waals surface area contributed by atoms with E-state index >= 15 is 0 Å². The third-order valence-corrected chi connectivity index (χ3v) is 6.40. The number of ether oxygens (including phenoxy) is 2. The molecular formula is C33H39FO4. The van der Waals surface area contributed by atoms with Crippen molar-refractivity contribution in [2.24, 2.45) is 0 Å². The number of rotatable bonds is 16. The zero-order valence-electron chi connectivity index (χ0n) is 22.4. The summed E-state index contributed by atoms with van der Waals surface area (Å²) in [6, 6.07) is 10.6. The molecule has 0 atom stereocenters. The maximum absolute atomic E-state index is 13.1. The Labute approximate surface area is 226 Å². The number of allylic oxidation sites excluding steroid dienone is 5. The highest BCUT2D eigenvalue weighted by Gasteiger charge is 2.28. The number of hydrogen-bond acceptors (Lipinski definition) is 4. The molecular weight excluding hydrogens is 479 g/mol. The van der Waals surface area contributed by atoms with E-state index in [9.17, 15) is 14.0 Å². The van der Waals surface area contributed by atoms with Gasteiger partial charge < -0.3 is 9.47 Å². The van der Waals surface area contributed by atoms with Crippen molar-refractivity contribution >= 4 is 17.8 Å². The van der Waals surface area contributed by atoms with Crippen LogP contribution in [-0.4, -0.2) is 11.8 Å². The Morgan fingerprint density at radius 2 is 1.53 bits per heavy atom. The zero-order chi connectivity index (χ0) is 27.0. The number of unbranched alkanes of at least 4 members (excludes halogenated alkanes) is 9. The molecule has 202 valence electrons. The van der Waals surface area contributed by atoms with Gasteiger partial charge in [-0.25, -0.2) is 4.39 Å². The molecule has 1 heterocycles. The second kappa shape index (κ2) is 16.4. The van der Waals surface area contributed by atoms with Gasteiger partial charge in [-0.2, -0.15) is 0 Å². The van der Waals surface area contributed by atoms with Gasteiger partial charge in [0.25, 0.3) is 0 Å². The standard InChI is InChI=1S/C33H39FO4/c1-2-3-4-5-6-7-8-9-10-11-12-13-14-15-16-17-32(35)37-28-22-23-30-29(25-28)33(36)31(38-30)24-26-18-20-27(34)21-19-26/h6-9,18-25H,2-5,10-17H2,1H3/b7-6-,9-8+,31-24-. The van der Waals surface area contributed by atoms with E-state index in [2.05, 4.69) is 31.2 Å². The van der Waals surface area contributed by atoms with Gasteiger partial charge in [-0.15, -0.1) is 0 Å². The number of hydrogen-bond donors (Lipinski definition) is 0. The quantitative estimate of drug-likeness (QED) is 0.0731. The third kappa shape index (κ3) is 10.1. The summed E-state index contributed by atoms with van der Waals surface area (Å²) in [5, 5.41) is 0. The Balaban J connectivity index is 1.29. The van der Waals surface area contributed by atoms with Gasteiger partial charge in [-0.3, -0.25) is 9.59 Å². The number of carbonyl (C=O) groups is 2. The van der Waals surface area contributed by atoms with Crippen LogP contribution in [0.25, 0.3) is 6.08 Å². The number of fused-ring (bicyclic) bond motifs is 1. The summed E-state index contributed by atoms with van der Waals surface area (Å²) in [6.07, 6.45) is 23.4. The van der Waals surface area contributed by atoms with Crippen LogP contribution < -0.4 is 9.47 Å². The first kappa shape index (κ1) is 29.1. The summed E-state index contributed by atoms with van der Waals surface area (Å²) < 4.78 is 24.2. The molecule has 2 aromatic carbocycles. The van der Waals surface area contributed by atoms with Gasteiger partial charge in [0, 0.05) is 6.42 Å². The van der Waals surface area contributed by atoms with E-state index in [4.69, 9.17) is 9.47 Å². The topological polar surface area (TPSA) is 52.6 Å². The lowest BCUT2D eigenvalue weighted by molar-refractivity contribution is -0.134. The second-order valence-electron chi connectivity index (χ2n) is 9.64. The van der Waals surface area contributed by atoms with Crippen molar-refractivity contribution in [1.29, 1.82) is 0 Å². The molecule has 0 saturated heterocycles. The van der Waals surface area contributed by atoms with Crippen molar-refractivity contribution in [3.8, 4) is 11.5 Å². The van der Waals surface area contributed by atoms with Crippen LogP contribution in [0.5, 0.6) is 11.5 Å². The van der Waals surface area contributed by atoms with Crippen molar-refractivity contribution < 1.29 is 23.5 Å². The zero-order valence-corrected chi connectivity index (χ0v) is 22.4. The third-order valence-electron chi connectivity index (χ3n) is 6.40. The first-order valence-corrected chi connectivity index (χ1v) is 13.9. The fourth-order valence-electron chi connectivity index (χ4n) is 4.22. The molecule has 1 aliphatic rings. The van der Waals surface area contributed by atoms with Gasteiger partial charge in [-0.1, -0.05) is 81.9 Å². The number of Topliss-reactive ketones (excluding diaryl/α,β-unsaturated/α-hetero) is 1. The Morgan fingerprint density at radius 1 is 0.868 bits per heavy atom. The van der Waals surface area contributed by atoms with Gasteiger partial charge in [0.15, 0.2) is 5.76 Å². The van der Waals surface area contributed by atoms with Crippen LogP contribution in [0.4, 0.5) is 4.39 Å². The average Bonchev–Trinajstić information content (AvgIpc) is 3.22. The average molecular weight is 519 g/mol. The van der Waals surface area contributed by atoms with E-state index in [0.29, 0.717) is 29.0 Å². The summed E-state index contributed by atoms with van der Waals surface area (Å²) >= 11 is 0. The highest BCUT2D eigenvalue weighted by molar-refractivity contribution is 6.14. The predicted molar refractivity (Wildman–Crippen MR) is 151 cm³/mol. The number of benzene rings is 2. The maximum Gasteiger partial charge on any atom is 0.311 e. The summed E-state index contributed by atoms with van der Waals surface area (Å²) in [5.74, 6) is -0.0423. The van der Waals surface area contributed by atoms with Crippen LogP contribution in [0.2, 0.25) is 0 Å². The number of carbonyl (C=O) groups excluding carboxylic acids is 2. The lowest BCUT2D eigenvalue weighted by Gasteiger charge is -2.05. The highest BCUT2D eigenvalue weighted by Crippen LogP contribution is 2.34. The molecule has 4 nitrogen and oxygen atoms in total. The molecule has 0 bridgehead atoms. The SMILES string of the molecule is CCCCC/C=C\C=C\CCCCCCCCC(=O)Oc1ccc2c(c1)C(=O)/C(=C/c1ccc(F)cc1)O2. The Morgan fingerprint density at radius 3 is 2.24 bits per heavy atom. The van der Waals surface area contributed by atoms with Gasteiger partial charge >= 0.3 is 5.97 Å². The number of ketones is 1. The van der Waals surface area contributed by atoms with Gasteiger partial charge in [0.1, 0.15) is 17.3 Å². The minimum Gasteiger partial charge on any atom is -0.452 e. The molecule has 0 aliphatic carbocycles. The summed E-state index contributed by atoms with van der Waals surface area (Å²) in [7, 11) is 0. The van der Waals surface area contributed by atoms with E-state index in [1.807, 2.05) is 0 Å². The molecule has 0 amide bonds. The number of halogens is 1. The molecule has 0 saturated carbocycles. The molecule has 0 spiro atoms. The summed E-state index contributed by atoms with van der Waals surface area (Å²) in [4.78, 5) is 25.0. The van der Waals surface area contributed by atoms with Gasteiger partial charge in [0.2, 0.25) is 5.78 Å². The minimum atomic E-state index is -0.347. The lowest BCUT2D eigenvalue weighted by atomic mass is 10.1. The van der Waals surface area contributed by atoms with Crippen LogP contribution in [0.1, 0.15) is 99.9 Å². The van der Waals surface area contributed by atoms with Crippen molar-refractivity contribution in [2.75, 3.05) is 0 Å². The van der Waals surface area contributed by atoms with E-state index < -0.39 is 0 Å². The number of esters is 1. The van der Waals surface area contributed by atoms with Gasteiger partial charge in [-0.05, 0) is 74.1 Å². The van der Waals surface area contributed by atoms with Gasteiger partial charge in [0.05, 0.1) is 5.56 Å². The molecule has 5 heteroatoms. The first-order chi connectivity index (χ1) is 18.6. The van der Waals surface area contributed by atoms with Crippen LogP contribution >= 0.6 is 0 Å². The van der Waals surface area contributed by atoms with Crippen LogP contribution in [0.15, 0.2) is 72.5 Å². The molecule has 1 aliphatic heterocycles. The molecule has 0 radical (unpaired) electrons. The van der Waals surface area contributed by atoms with Crippen LogP contribution in [-0.2, 0) is 4.79 Å². The fraction of sp³-hybridized carbons (Fsp3) is 0.394. The van der Waals surface area contributed by atoms with Crippen LogP contribution in [0.3, 0.4) is 0 Å². The van der Waals surface area contributed by atoms with E-state index in [1.165, 1.54) is 63.1 Å². The minimum absolute atomic E-state index is 0.153. The molecule has 0 unspecified atom stereocenters. The molecule has 3 rings (SSSR count). The van der Waals surface area contributed by atoms with Crippen molar-refractivity contribution in [1.82, 2.24) is 0 Å². The monoisotopic (exact) mass is 518 g/mol. The van der Waals surface area contributed by atoms with Crippen molar-refractivity contribution in [3.63, 3.8) is 0 Å². The lowest BCUT2D eigenvalue weighted by Crippen LogP contribution is -2.07. The first-order valence-electron chi connectivity index (χ1n) is 13.9. The summed E-state index contributed by atoms with van der Waals surface area (Å²) in [5.41, 5.74) is 1.01. The predicted octanol–water partition coefficient (Wildman–Crippen LogP) is 9.16. The van der Waals surface area contributed by atoms with E-state index in [-0.39, 0.29) is 23.3 Å². The molecule has 0 aromatic heterocycles. The Kier molecular flexibility index (Phi) is 12.5. The highest BCUT2D eigenvalue weighted by atomic mass is 19.1. The largest absolute Gasteiger partial charge is 0.452 e. The Bertz CT molecular complexity index is 1130. The maximum atomic E-state index is 13.1. The molecule has 0 fully saturated rings. The second-order valence-corrected chi connectivity index (χ2v) is 9.64. The van der Waals surface area contributed by atoms with Crippen molar-refractivity contribution in [2.45, 2.75) is 84.0 Å². The molecule has 0 N–H and O–H groups in total. The molecule has 38 heavy (non-hydrogen) atoms.